The fourth-order valence-corrected chi connectivity index (χ4v) is 1.80. The van der Waals surface area contributed by atoms with Crippen molar-refractivity contribution in [3.63, 3.8) is 0 Å². The molecule has 94 valence electrons. The maximum Gasteiger partial charge on any atom is 0.416 e. The lowest BCUT2D eigenvalue weighted by atomic mass is 10.2. The van der Waals surface area contributed by atoms with Gasteiger partial charge in [-0.3, -0.25) is 4.79 Å². The molecular weight excluding hydrogens is 367 g/mol. The Kier molecular flexibility index (Phi) is 5.00. The van der Waals surface area contributed by atoms with Gasteiger partial charge < -0.3 is 5.32 Å². The first kappa shape index (κ1) is 14.5. The molecular formula is C10H8Br2F3NO. The number of rotatable bonds is 3. The van der Waals surface area contributed by atoms with E-state index in [0.29, 0.717) is 9.80 Å². The van der Waals surface area contributed by atoms with Gasteiger partial charge in [0, 0.05) is 16.2 Å². The van der Waals surface area contributed by atoms with Crippen molar-refractivity contribution in [2.24, 2.45) is 0 Å². The van der Waals surface area contributed by atoms with Crippen LogP contribution in [-0.4, -0.2) is 11.2 Å². The molecule has 0 saturated heterocycles. The van der Waals surface area contributed by atoms with Crippen LogP contribution in [-0.2, 0) is 11.0 Å². The average Bonchev–Trinajstić information content (AvgIpc) is 2.20. The summed E-state index contributed by atoms with van der Waals surface area (Å²) in [6.45, 7) is 0. The predicted molar refractivity (Wildman–Crippen MR) is 66.2 cm³/mol. The van der Waals surface area contributed by atoms with E-state index in [1.165, 1.54) is 6.07 Å². The molecule has 0 heterocycles. The molecule has 0 atom stereocenters. The van der Waals surface area contributed by atoms with Gasteiger partial charge in [-0.05, 0) is 34.1 Å². The molecule has 0 aromatic heterocycles. The van der Waals surface area contributed by atoms with Crippen LogP contribution in [0.15, 0.2) is 22.7 Å². The zero-order chi connectivity index (χ0) is 13.1. The van der Waals surface area contributed by atoms with Gasteiger partial charge in [-0.25, -0.2) is 0 Å². The summed E-state index contributed by atoms with van der Waals surface area (Å²) in [5.74, 6) is -0.345. The third-order valence-electron chi connectivity index (χ3n) is 1.89. The van der Waals surface area contributed by atoms with Crippen molar-refractivity contribution in [1.29, 1.82) is 0 Å². The molecule has 0 saturated carbocycles. The number of halogens is 5. The van der Waals surface area contributed by atoms with Crippen LogP contribution in [0.3, 0.4) is 0 Å². The van der Waals surface area contributed by atoms with Crippen molar-refractivity contribution >= 4 is 43.5 Å². The molecule has 0 radical (unpaired) electrons. The lowest BCUT2D eigenvalue weighted by Gasteiger charge is -2.11. The van der Waals surface area contributed by atoms with Gasteiger partial charge in [0.1, 0.15) is 0 Å². The zero-order valence-electron chi connectivity index (χ0n) is 8.44. The van der Waals surface area contributed by atoms with Crippen LogP contribution in [0.25, 0.3) is 0 Å². The highest BCUT2D eigenvalue weighted by atomic mass is 79.9. The Labute approximate surface area is 113 Å². The van der Waals surface area contributed by atoms with Crippen LogP contribution in [0, 0.1) is 0 Å². The molecule has 2 nitrogen and oxygen atoms in total. The first-order chi connectivity index (χ1) is 7.84. The minimum atomic E-state index is -4.42. The van der Waals surface area contributed by atoms with Gasteiger partial charge in [0.25, 0.3) is 0 Å². The second kappa shape index (κ2) is 5.86. The number of benzene rings is 1. The molecule has 0 bridgehead atoms. The Hall–Kier alpha value is -0.560. The maximum absolute atomic E-state index is 12.4. The summed E-state index contributed by atoms with van der Waals surface area (Å²) < 4.78 is 37.8. The van der Waals surface area contributed by atoms with Crippen molar-refractivity contribution in [3.8, 4) is 0 Å². The summed E-state index contributed by atoms with van der Waals surface area (Å²) in [5, 5.41) is 2.86. The topological polar surface area (TPSA) is 29.1 Å². The minimum absolute atomic E-state index is 0.116. The maximum atomic E-state index is 12.4. The molecule has 0 fully saturated rings. The number of alkyl halides is 4. The van der Waals surface area contributed by atoms with Crippen LogP contribution in [0.1, 0.15) is 12.0 Å². The third-order valence-corrected chi connectivity index (χ3v) is 2.98. The van der Waals surface area contributed by atoms with E-state index in [0.717, 1.165) is 12.1 Å². The van der Waals surface area contributed by atoms with Crippen molar-refractivity contribution < 1.29 is 18.0 Å². The number of amides is 1. The molecule has 0 spiro atoms. The molecule has 1 aromatic carbocycles. The molecule has 1 amide bonds. The van der Waals surface area contributed by atoms with Gasteiger partial charge in [0.15, 0.2) is 0 Å². The first-order valence-electron chi connectivity index (χ1n) is 4.57. The summed E-state index contributed by atoms with van der Waals surface area (Å²) in [6.07, 6.45) is -4.22. The standard InChI is InChI=1S/C10H8Br2F3NO/c11-4-3-9(17)16-8-5-6(10(13,14)15)1-2-7(8)12/h1-2,5H,3-4H2,(H,16,17). The Morgan fingerprint density at radius 1 is 1.35 bits per heavy atom. The van der Waals surface area contributed by atoms with E-state index < -0.39 is 11.7 Å². The Morgan fingerprint density at radius 2 is 2.00 bits per heavy atom. The molecule has 0 unspecified atom stereocenters. The average molecular weight is 375 g/mol. The number of nitrogens with one attached hydrogen (secondary N) is 1. The van der Waals surface area contributed by atoms with Crippen LogP contribution in [0.4, 0.5) is 18.9 Å². The SMILES string of the molecule is O=C(CCBr)Nc1cc(C(F)(F)F)ccc1Br. The van der Waals surface area contributed by atoms with E-state index in [1.54, 1.807) is 0 Å². The van der Waals surface area contributed by atoms with Gasteiger partial charge in [0.2, 0.25) is 5.91 Å². The van der Waals surface area contributed by atoms with Crippen LogP contribution < -0.4 is 5.32 Å². The smallest absolute Gasteiger partial charge is 0.325 e. The van der Waals surface area contributed by atoms with E-state index >= 15 is 0 Å². The Morgan fingerprint density at radius 3 is 2.53 bits per heavy atom. The number of anilines is 1. The minimum Gasteiger partial charge on any atom is -0.325 e. The monoisotopic (exact) mass is 373 g/mol. The van der Waals surface area contributed by atoms with Crippen molar-refractivity contribution in [1.82, 2.24) is 0 Å². The highest BCUT2D eigenvalue weighted by molar-refractivity contribution is 9.10. The fourth-order valence-electron chi connectivity index (χ4n) is 1.10. The van der Waals surface area contributed by atoms with Crippen LogP contribution in [0.2, 0.25) is 0 Å². The molecule has 7 heteroatoms. The fraction of sp³-hybridized carbons (Fsp3) is 0.300. The second-order valence-electron chi connectivity index (χ2n) is 3.18. The third kappa shape index (κ3) is 4.31. The number of hydrogen-bond acceptors (Lipinski definition) is 1. The molecule has 1 rings (SSSR count). The first-order valence-corrected chi connectivity index (χ1v) is 6.48. The summed E-state index contributed by atoms with van der Waals surface area (Å²) >= 11 is 6.16. The number of carbonyl (C=O) groups is 1. The zero-order valence-corrected chi connectivity index (χ0v) is 11.6. The predicted octanol–water partition coefficient (Wildman–Crippen LogP) is 4.19. The van der Waals surface area contributed by atoms with Crippen molar-refractivity contribution in [2.75, 3.05) is 10.6 Å². The molecule has 1 aromatic rings. The van der Waals surface area contributed by atoms with E-state index in [4.69, 9.17) is 0 Å². The molecule has 0 aliphatic carbocycles. The van der Waals surface area contributed by atoms with Crippen molar-refractivity contribution in [3.05, 3.63) is 28.2 Å². The van der Waals surface area contributed by atoms with Gasteiger partial charge in [0.05, 0.1) is 11.3 Å². The summed E-state index contributed by atoms with van der Waals surface area (Å²) in [4.78, 5) is 11.3. The molecule has 17 heavy (non-hydrogen) atoms. The lowest BCUT2D eigenvalue weighted by Crippen LogP contribution is -2.13. The highest BCUT2D eigenvalue weighted by Crippen LogP contribution is 2.33. The van der Waals surface area contributed by atoms with E-state index in [9.17, 15) is 18.0 Å². The molecule has 0 aliphatic rings. The molecule has 0 aliphatic heterocycles. The van der Waals surface area contributed by atoms with Gasteiger partial charge in [-0.2, -0.15) is 13.2 Å². The number of carbonyl (C=O) groups excluding carboxylic acids is 1. The number of hydrogen-bond donors (Lipinski definition) is 1. The van der Waals surface area contributed by atoms with Gasteiger partial charge in [-0.15, -0.1) is 0 Å². The van der Waals surface area contributed by atoms with E-state index in [1.807, 2.05) is 0 Å². The van der Waals surface area contributed by atoms with E-state index in [2.05, 4.69) is 37.2 Å². The summed E-state index contributed by atoms with van der Waals surface area (Å²) in [5.41, 5.74) is -0.680. The second-order valence-corrected chi connectivity index (χ2v) is 4.83. The normalized spacial score (nSPS) is 11.4. The van der Waals surface area contributed by atoms with Crippen LogP contribution in [0.5, 0.6) is 0 Å². The summed E-state index contributed by atoms with van der Waals surface area (Å²) in [7, 11) is 0. The van der Waals surface area contributed by atoms with Crippen LogP contribution >= 0.6 is 31.9 Å². The Bertz CT molecular complexity index is 421. The van der Waals surface area contributed by atoms with E-state index in [-0.39, 0.29) is 18.0 Å². The summed E-state index contributed by atoms with van der Waals surface area (Å²) in [6, 6.07) is 3.10. The highest BCUT2D eigenvalue weighted by Gasteiger charge is 2.31. The van der Waals surface area contributed by atoms with Gasteiger partial charge >= 0.3 is 6.18 Å². The lowest BCUT2D eigenvalue weighted by molar-refractivity contribution is -0.137. The largest absolute Gasteiger partial charge is 0.416 e. The van der Waals surface area contributed by atoms with Gasteiger partial charge in [-0.1, -0.05) is 15.9 Å². The quantitative estimate of drug-likeness (QED) is 0.789. The molecule has 1 N–H and O–H groups in total. The Balaban J connectivity index is 2.95. The van der Waals surface area contributed by atoms with Crippen molar-refractivity contribution in [2.45, 2.75) is 12.6 Å².